The summed E-state index contributed by atoms with van der Waals surface area (Å²) in [5.74, 6) is -0.994. The van der Waals surface area contributed by atoms with Gasteiger partial charge in [-0.25, -0.2) is 4.79 Å². The van der Waals surface area contributed by atoms with Crippen LogP contribution in [0.3, 0.4) is 0 Å². The topological polar surface area (TPSA) is 102 Å². The van der Waals surface area contributed by atoms with Crippen molar-refractivity contribution in [3.05, 3.63) is 28.8 Å². The molecule has 0 bridgehead atoms. The Hall–Kier alpha value is -2.26. The summed E-state index contributed by atoms with van der Waals surface area (Å²) in [6.45, 7) is 0.0229. The third-order valence-electron chi connectivity index (χ3n) is 1.97. The third-order valence-corrected chi connectivity index (χ3v) is 2.28. The Bertz CT molecular complexity index is 511. The summed E-state index contributed by atoms with van der Waals surface area (Å²) in [6.07, 6.45) is -0.158. The normalized spacial score (nSPS) is 9.33. The molecule has 0 heterocycles. The molecular formula is C11H10ClN3O3. The highest BCUT2D eigenvalue weighted by Crippen LogP contribution is 2.22. The minimum absolute atomic E-state index is 0.0229. The molecule has 1 aromatic rings. The molecule has 0 atom stereocenters. The molecule has 6 nitrogen and oxygen atoms in total. The number of anilines is 1. The number of rotatable bonds is 4. The van der Waals surface area contributed by atoms with E-state index in [9.17, 15) is 9.59 Å². The van der Waals surface area contributed by atoms with E-state index in [0.29, 0.717) is 11.3 Å². The van der Waals surface area contributed by atoms with Crippen LogP contribution in [0.1, 0.15) is 12.0 Å². The van der Waals surface area contributed by atoms with Crippen LogP contribution in [0.2, 0.25) is 5.02 Å². The van der Waals surface area contributed by atoms with Gasteiger partial charge in [0.1, 0.15) is 0 Å². The molecule has 0 radical (unpaired) electrons. The first-order valence-electron chi connectivity index (χ1n) is 4.99. The molecular weight excluding hydrogens is 258 g/mol. The van der Waals surface area contributed by atoms with Crippen molar-refractivity contribution in [2.24, 2.45) is 0 Å². The van der Waals surface area contributed by atoms with E-state index in [0.717, 1.165) is 0 Å². The summed E-state index contributed by atoms with van der Waals surface area (Å²) in [5.41, 5.74) is 0.736. The molecule has 0 aliphatic carbocycles. The van der Waals surface area contributed by atoms with Crippen LogP contribution >= 0.6 is 11.6 Å². The molecule has 18 heavy (non-hydrogen) atoms. The van der Waals surface area contributed by atoms with Crippen LogP contribution in [-0.2, 0) is 4.79 Å². The van der Waals surface area contributed by atoms with Gasteiger partial charge in [-0.15, -0.1) is 0 Å². The molecule has 0 saturated carbocycles. The lowest BCUT2D eigenvalue weighted by Crippen LogP contribution is -2.30. The summed E-state index contributed by atoms with van der Waals surface area (Å²) >= 11 is 5.85. The fourth-order valence-electron chi connectivity index (χ4n) is 1.14. The first-order valence-corrected chi connectivity index (χ1v) is 5.37. The summed E-state index contributed by atoms with van der Waals surface area (Å²) < 4.78 is 0. The second-order valence-electron chi connectivity index (χ2n) is 3.33. The number of amides is 2. The molecule has 0 saturated heterocycles. The van der Waals surface area contributed by atoms with Crippen LogP contribution in [0, 0.1) is 11.3 Å². The van der Waals surface area contributed by atoms with Crippen molar-refractivity contribution >= 4 is 29.3 Å². The van der Waals surface area contributed by atoms with Gasteiger partial charge in [-0.2, -0.15) is 5.26 Å². The number of carbonyl (C=O) groups is 2. The Kier molecular flexibility index (Phi) is 4.96. The zero-order valence-corrected chi connectivity index (χ0v) is 9.99. The number of carboxylic acids is 1. The fraction of sp³-hybridized carbons (Fsp3) is 0.182. The van der Waals surface area contributed by atoms with Crippen molar-refractivity contribution in [1.82, 2.24) is 5.32 Å². The van der Waals surface area contributed by atoms with E-state index in [-0.39, 0.29) is 18.0 Å². The Labute approximate surface area is 108 Å². The average molecular weight is 268 g/mol. The number of hydrogen-bond donors (Lipinski definition) is 3. The first kappa shape index (κ1) is 13.8. The third kappa shape index (κ3) is 4.31. The van der Waals surface area contributed by atoms with Gasteiger partial charge in [0, 0.05) is 6.54 Å². The second-order valence-corrected chi connectivity index (χ2v) is 3.74. The summed E-state index contributed by atoms with van der Waals surface area (Å²) in [7, 11) is 0. The Balaban J connectivity index is 2.54. The SMILES string of the molecule is N#Cc1ccc(NC(=O)NCCC(=O)O)c(Cl)c1. The molecule has 0 fully saturated rings. The predicted octanol–water partition coefficient (Wildman–Crippen LogP) is 1.81. The number of urea groups is 1. The summed E-state index contributed by atoms with van der Waals surface area (Å²) in [6, 6.07) is 5.80. The maximum Gasteiger partial charge on any atom is 0.319 e. The molecule has 1 rings (SSSR count). The molecule has 0 spiro atoms. The molecule has 0 aliphatic heterocycles. The zero-order chi connectivity index (χ0) is 13.5. The van der Waals surface area contributed by atoms with Gasteiger partial charge in [-0.05, 0) is 18.2 Å². The van der Waals surface area contributed by atoms with Crippen LogP contribution in [-0.4, -0.2) is 23.7 Å². The van der Waals surface area contributed by atoms with Gasteiger partial charge in [0.2, 0.25) is 0 Å². The fourth-order valence-corrected chi connectivity index (χ4v) is 1.36. The van der Waals surface area contributed by atoms with E-state index in [1.807, 2.05) is 6.07 Å². The van der Waals surface area contributed by atoms with Crippen molar-refractivity contribution in [2.45, 2.75) is 6.42 Å². The van der Waals surface area contributed by atoms with E-state index in [2.05, 4.69) is 10.6 Å². The van der Waals surface area contributed by atoms with E-state index in [4.69, 9.17) is 22.0 Å². The van der Waals surface area contributed by atoms with Crippen LogP contribution in [0.5, 0.6) is 0 Å². The highest BCUT2D eigenvalue weighted by molar-refractivity contribution is 6.33. The van der Waals surface area contributed by atoms with Gasteiger partial charge >= 0.3 is 12.0 Å². The zero-order valence-electron chi connectivity index (χ0n) is 9.24. The number of nitrogens with one attached hydrogen (secondary N) is 2. The van der Waals surface area contributed by atoms with Gasteiger partial charge in [-0.1, -0.05) is 11.6 Å². The lowest BCUT2D eigenvalue weighted by molar-refractivity contribution is -0.136. The number of carbonyl (C=O) groups excluding carboxylic acids is 1. The van der Waals surface area contributed by atoms with Crippen molar-refractivity contribution in [2.75, 3.05) is 11.9 Å². The minimum atomic E-state index is -0.994. The molecule has 94 valence electrons. The van der Waals surface area contributed by atoms with E-state index in [1.165, 1.54) is 18.2 Å². The van der Waals surface area contributed by atoms with Gasteiger partial charge in [0.05, 0.1) is 28.8 Å². The van der Waals surface area contributed by atoms with Crippen LogP contribution in [0.25, 0.3) is 0 Å². The van der Waals surface area contributed by atoms with Gasteiger partial charge in [-0.3, -0.25) is 4.79 Å². The van der Waals surface area contributed by atoms with E-state index < -0.39 is 12.0 Å². The van der Waals surface area contributed by atoms with Gasteiger partial charge in [0.25, 0.3) is 0 Å². The lowest BCUT2D eigenvalue weighted by atomic mass is 10.2. The smallest absolute Gasteiger partial charge is 0.319 e. The maximum absolute atomic E-state index is 11.4. The summed E-state index contributed by atoms with van der Waals surface area (Å²) in [5, 5.41) is 22.1. The average Bonchev–Trinajstić information content (AvgIpc) is 2.31. The lowest BCUT2D eigenvalue weighted by Gasteiger charge is -2.08. The second kappa shape index (κ2) is 6.47. The largest absolute Gasteiger partial charge is 0.481 e. The number of nitriles is 1. The van der Waals surface area contributed by atoms with Crippen molar-refractivity contribution in [1.29, 1.82) is 5.26 Å². The number of halogens is 1. The van der Waals surface area contributed by atoms with Crippen LogP contribution in [0.4, 0.5) is 10.5 Å². The summed E-state index contributed by atoms with van der Waals surface area (Å²) in [4.78, 5) is 21.6. The van der Waals surface area contributed by atoms with Gasteiger partial charge < -0.3 is 15.7 Å². The number of hydrogen-bond acceptors (Lipinski definition) is 3. The van der Waals surface area contributed by atoms with Crippen LogP contribution < -0.4 is 10.6 Å². The monoisotopic (exact) mass is 267 g/mol. The number of aliphatic carboxylic acids is 1. The molecule has 0 aliphatic rings. The van der Waals surface area contributed by atoms with Crippen LogP contribution in [0.15, 0.2) is 18.2 Å². The van der Waals surface area contributed by atoms with Crippen molar-refractivity contribution in [3.8, 4) is 6.07 Å². The number of nitrogens with zero attached hydrogens (tertiary/aromatic N) is 1. The highest BCUT2D eigenvalue weighted by atomic mass is 35.5. The molecule has 2 amide bonds. The van der Waals surface area contributed by atoms with E-state index >= 15 is 0 Å². The first-order chi connectivity index (χ1) is 8.52. The Morgan fingerprint density at radius 1 is 1.44 bits per heavy atom. The minimum Gasteiger partial charge on any atom is -0.481 e. The molecule has 7 heteroatoms. The molecule has 3 N–H and O–H groups in total. The molecule has 0 aromatic heterocycles. The maximum atomic E-state index is 11.4. The molecule has 1 aromatic carbocycles. The van der Waals surface area contributed by atoms with Gasteiger partial charge in [0.15, 0.2) is 0 Å². The van der Waals surface area contributed by atoms with Crippen molar-refractivity contribution < 1.29 is 14.7 Å². The standard InChI is InChI=1S/C11H10ClN3O3/c12-8-5-7(6-13)1-2-9(8)15-11(18)14-4-3-10(16)17/h1-2,5H,3-4H2,(H,16,17)(H2,14,15,18). The Morgan fingerprint density at radius 2 is 2.17 bits per heavy atom. The highest BCUT2D eigenvalue weighted by Gasteiger charge is 2.06. The number of carboxylic acid groups (broad SMARTS) is 1. The van der Waals surface area contributed by atoms with Crippen molar-refractivity contribution in [3.63, 3.8) is 0 Å². The number of benzene rings is 1. The quantitative estimate of drug-likeness (QED) is 0.774. The Morgan fingerprint density at radius 3 is 2.72 bits per heavy atom. The predicted molar refractivity (Wildman–Crippen MR) is 65.4 cm³/mol. The van der Waals surface area contributed by atoms with E-state index in [1.54, 1.807) is 0 Å². The molecule has 0 unspecified atom stereocenters.